The van der Waals surface area contributed by atoms with E-state index < -0.39 is 11.9 Å². The molecule has 2 aliphatic rings. The second kappa shape index (κ2) is 11.1. The fraction of sp³-hybridized carbons (Fsp3) is 0.500. The molecule has 1 saturated carbocycles. The molecular formula is C24H32N6O4. The van der Waals surface area contributed by atoms with E-state index in [9.17, 15) is 14.4 Å². The van der Waals surface area contributed by atoms with Crippen LogP contribution < -0.4 is 10.8 Å². The molecule has 1 unspecified atom stereocenters. The van der Waals surface area contributed by atoms with Gasteiger partial charge in [-0.05, 0) is 30.7 Å². The van der Waals surface area contributed by atoms with Crippen molar-refractivity contribution in [2.45, 2.75) is 51.0 Å². The predicted molar refractivity (Wildman–Crippen MR) is 126 cm³/mol. The molecule has 182 valence electrons. The van der Waals surface area contributed by atoms with Crippen LogP contribution in [0.4, 0.5) is 10.7 Å². The highest BCUT2D eigenvalue weighted by Gasteiger charge is 2.37. The van der Waals surface area contributed by atoms with Gasteiger partial charge in [0.15, 0.2) is 0 Å². The minimum absolute atomic E-state index is 0.245. The van der Waals surface area contributed by atoms with Gasteiger partial charge in [-0.2, -0.15) is 0 Å². The van der Waals surface area contributed by atoms with Gasteiger partial charge in [-0.25, -0.2) is 15.3 Å². The SMILES string of the molecule is O=C(CN(CCC1CCCC1)C(=O)N1CCCC1C(=O)Nc1ncc(-c2ccccc2)[nH]1)NO. The van der Waals surface area contributed by atoms with Crippen molar-refractivity contribution in [2.24, 2.45) is 5.92 Å². The van der Waals surface area contributed by atoms with Crippen LogP contribution in [0.25, 0.3) is 11.3 Å². The number of likely N-dealkylation sites (tertiary alicyclic amines) is 1. The lowest BCUT2D eigenvalue weighted by Gasteiger charge is -2.31. The van der Waals surface area contributed by atoms with Crippen LogP contribution >= 0.6 is 0 Å². The summed E-state index contributed by atoms with van der Waals surface area (Å²) in [6.45, 7) is 0.608. The number of carbonyl (C=O) groups is 3. The maximum Gasteiger partial charge on any atom is 0.321 e. The van der Waals surface area contributed by atoms with E-state index in [4.69, 9.17) is 5.21 Å². The van der Waals surface area contributed by atoms with Crippen LogP contribution in [-0.2, 0) is 9.59 Å². The third-order valence-electron chi connectivity index (χ3n) is 6.72. The summed E-state index contributed by atoms with van der Waals surface area (Å²) in [6.07, 6.45) is 8.36. The number of H-pyrrole nitrogens is 1. The molecule has 10 nitrogen and oxygen atoms in total. The summed E-state index contributed by atoms with van der Waals surface area (Å²) in [4.78, 5) is 48.5. The van der Waals surface area contributed by atoms with Crippen molar-refractivity contribution >= 4 is 23.8 Å². The summed E-state index contributed by atoms with van der Waals surface area (Å²) in [7, 11) is 0. The number of nitrogens with zero attached hydrogens (tertiary/aromatic N) is 3. The second-order valence-electron chi connectivity index (χ2n) is 9.03. The molecule has 10 heteroatoms. The highest BCUT2D eigenvalue weighted by Crippen LogP contribution is 2.28. The van der Waals surface area contributed by atoms with Crippen molar-refractivity contribution in [1.82, 2.24) is 25.2 Å². The normalized spacial score (nSPS) is 18.1. The summed E-state index contributed by atoms with van der Waals surface area (Å²) in [5, 5.41) is 11.8. The van der Waals surface area contributed by atoms with Crippen LogP contribution in [0.3, 0.4) is 0 Å². The van der Waals surface area contributed by atoms with Gasteiger partial charge in [-0.15, -0.1) is 0 Å². The van der Waals surface area contributed by atoms with E-state index in [1.165, 1.54) is 22.6 Å². The average Bonchev–Trinajstić information content (AvgIpc) is 3.63. The first-order chi connectivity index (χ1) is 16.5. The molecule has 2 aromatic rings. The lowest BCUT2D eigenvalue weighted by Crippen LogP contribution is -2.51. The molecule has 0 spiro atoms. The first-order valence-corrected chi connectivity index (χ1v) is 11.9. The number of hydrogen-bond acceptors (Lipinski definition) is 5. The Balaban J connectivity index is 1.40. The summed E-state index contributed by atoms with van der Waals surface area (Å²) < 4.78 is 0. The van der Waals surface area contributed by atoms with Crippen molar-refractivity contribution in [1.29, 1.82) is 0 Å². The lowest BCUT2D eigenvalue weighted by molar-refractivity contribution is -0.129. The van der Waals surface area contributed by atoms with Crippen molar-refractivity contribution in [2.75, 3.05) is 25.0 Å². The predicted octanol–water partition coefficient (Wildman–Crippen LogP) is 2.99. The molecule has 0 bridgehead atoms. The van der Waals surface area contributed by atoms with Gasteiger partial charge in [-0.3, -0.25) is 20.1 Å². The monoisotopic (exact) mass is 468 g/mol. The van der Waals surface area contributed by atoms with E-state index in [2.05, 4.69) is 15.3 Å². The Morgan fingerprint density at radius 2 is 1.88 bits per heavy atom. The minimum atomic E-state index is -0.649. The Bertz CT molecular complexity index is 988. The number of nitrogens with one attached hydrogen (secondary N) is 3. The van der Waals surface area contributed by atoms with E-state index in [0.29, 0.717) is 37.8 Å². The number of amides is 4. The van der Waals surface area contributed by atoms with Crippen LogP contribution in [0.1, 0.15) is 44.9 Å². The molecule has 0 radical (unpaired) electrons. The van der Waals surface area contributed by atoms with E-state index in [1.54, 1.807) is 11.7 Å². The third kappa shape index (κ3) is 5.74. The summed E-state index contributed by atoms with van der Waals surface area (Å²) in [5.74, 6) is -0.102. The van der Waals surface area contributed by atoms with Gasteiger partial charge in [0.25, 0.3) is 5.91 Å². The van der Waals surface area contributed by atoms with Gasteiger partial charge in [-0.1, -0.05) is 56.0 Å². The van der Waals surface area contributed by atoms with E-state index >= 15 is 0 Å². The van der Waals surface area contributed by atoms with Crippen LogP contribution in [-0.4, -0.2) is 68.5 Å². The number of hydroxylamine groups is 1. The molecule has 1 aliphatic heterocycles. The van der Waals surface area contributed by atoms with Crippen molar-refractivity contribution in [3.05, 3.63) is 36.5 Å². The van der Waals surface area contributed by atoms with Gasteiger partial charge in [0.1, 0.15) is 12.6 Å². The van der Waals surface area contributed by atoms with Gasteiger partial charge in [0.2, 0.25) is 11.9 Å². The Kier molecular flexibility index (Phi) is 7.79. The Morgan fingerprint density at radius 3 is 2.62 bits per heavy atom. The number of imidazole rings is 1. The van der Waals surface area contributed by atoms with E-state index in [-0.39, 0.29) is 18.5 Å². The number of hydrogen-bond donors (Lipinski definition) is 4. The number of rotatable bonds is 8. The first-order valence-electron chi connectivity index (χ1n) is 11.9. The lowest BCUT2D eigenvalue weighted by atomic mass is 10.0. The topological polar surface area (TPSA) is 131 Å². The van der Waals surface area contributed by atoms with E-state index in [1.807, 2.05) is 30.3 Å². The van der Waals surface area contributed by atoms with Crippen molar-refractivity contribution < 1.29 is 19.6 Å². The zero-order chi connectivity index (χ0) is 23.9. The summed E-state index contributed by atoms with van der Waals surface area (Å²) >= 11 is 0. The number of aromatic nitrogens is 2. The number of anilines is 1. The average molecular weight is 469 g/mol. The fourth-order valence-electron chi connectivity index (χ4n) is 4.89. The molecule has 4 N–H and O–H groups in total. The van der Waals surface area contributed by atoms with Crippen LogP contribution in [0.2, 0.25) is 0 Å². The van der Waals surface area contributed by atoms with Gasteiger partial charge in [0.05, 0.1) is 11.9 Å². The maximum absolute atomic E-state index is 13.3. The smallest absolute Gasteiger partial charge is 0.321 e. The number of urea groups is 1. The maximum atomic E-state index is 13.3. The standard InChI is InChI=1S/C24H32N6O4/c31-21(28-34)16-29(14-12-17-7-4-5-8-17)24(33)30-13-6-11-20(30)22(32)27-23-25-15-19(26-23)18-9-2-1-3-10-18/h1-3,9-10,15,17,20,34H,4-8,11-14,16H2,(H,28,31)(H2,25,26,27,32). The molecule has 1 aromatic heterocycles. The molecule has 34 heavy (non-hydrogen) atoms. The third-order valence-corrected chi connectivity index (χ3v) is 6.72. The first kappa shape index (κ1) is 23.7. The molecule has 1 saturated heterocycles. The summed E-state index contributed by atoms with van der Waals surface area (Å²) in [5.41, 5.74) is 3.34. The van der Waals surface area contributed by atoms with Crippen LogP contribution in [0.15, 0.2) is 36.5 Å². The fourth-order valence-corrected chi connectivity index (χ4v) is 4.89. The number of carbonyl (C=O) groups excluding carboxylic acids is 3. The molecule has 1 atom stereocenters. The van der Waals surface area contributed by atoms with Crippen molar-refractivity contribution in [3.63, 3.8) is 0 Å². The van der Waals surface area contributed by atoms with E-state index in [0.717, 1.165) is 30.5 Å². The highest BCUT2D eigenvalue weighted by atomic mass is 16.5. The molecular weight excluding hydrogens is 436 g/mol. The molecule has 4 amide bonds. The van der Waals surface area contributed by atoms with Crippen LogP contribution in [0, 0.1) is 5.92 Å². The van der Waals surface area contributed by atoms with Gasteiger partial charge in [0, 0.05) is 13.1 Å². The van der Waals surface area contributed by atoms with Gasteiger partial charge >= 0.3 is 6.03 Å². The van der Waals surface area contributed by atoms with Gasteiger partial charge < -0.3 is 14.8 Å². The van der Waals surface area contributed by atoms with Crippen LogP contribution in [0.5, 0.6) is 0 Å². The molecule has 2 heterocycles. The molecule has 1 aliphatic carbocycles. The Morgan fingerprint density at radius 1 is 1.12 bits per heavy atom. The minimum Gasteiger partial charge on any atom is -0.324 e. The number of aromatic amines is 1. The summed E-state index contributed by atoms with van der Waals surface area (Å²) in [6, 6.07) is 8.65. The number of benzene rings is 1. The zero-order valence-corrected chi connectivity index (χ0v) is 19.2. The zero-order valence-electron chi connectivity index (χ0n) is 19.2. The second-order valence-corrected chi connectivity index (χ2v) is 9.03. The Hall–Kier alpha value is -3.40. The molecule has 1 aromatic carbocycles. The Labute approximate surface area is 198 Å². The molecule has 4 rings (SSSR count). The molecule has 2 fully saturated rings. The van der Waals surface area contributed by atoms with Crippen molar-refractivity contribution in [3.8, 4) is 11.3 Å². The highest BCUT2D eigenvalue weighted by molar-refractivity contribution is 5.96. The quantitative estimate of drug-likeness (QED) is 0.349. The largest absolute Gasteiger partial charge is 0.324 e.